The van der Waals surface area contributed by atoms with E-state index in [-0.39, 0.29) is 50.0 Å². The molecule has 2 aliphatic carbocycles. The third-order valence-corrected chi connectivity index (χ3v) is 14.2. The van der Waals surface area contributed by atoms with Gasteiger partial charge in [-0.1, -0.05) is 146 Å². The zero-order chi connectivity index (χ0) is 51.3. The van der Waals surface area contributed by atoms with E-state index in [2.05, 4.69) is 26.6 Å². The third-order valence-electron chi connectivity index (χ3n) is 14.2. The Kier molecular flexibility index (Phi) is 22.7. The molecule has 7 N–H and O–H groups in total. The molecular formula is C54H77N7O10. The van der Waals surface area contributed by atoms with Gasteiger partial charge >= 0.3 is 0 Å². The summed E-state index contributed by atoms with van der Waals surface area (Å²) < 4.78 is 6.32. The number of benzene rings is 2. The summed E-state index contributed by atoms with van der Waals surface area (Å²) in [4.78, 5) is 125. The van der Waals surface area contributed by atoms with Crippen molar-refractivity contribution >= 4 is 52.9 Å². The quantitative estimate of drug-likeness (QED) is 0.0530. The first-order valence-corrected chi connectivity index (χ1v) is 26.1. The molecule has 5 rings (SSSR count). The van der Waals surface area contributed by atoms with Crippen LogP contribution in [0.25, 0.3) is 0 Å². The van der Waals surface area contributed by atoms with Crippen molar-refractivity contribution in [3.05, 3.63) is 71.8 Å². The Bertz CT molecular complexity index is 2120. The summed E-state index contributed by atoms with van der Waals surface area (Å²) in [6.07, 6.45) is 10.0. The number of hydrogen-bond donors (Lipinski definition) is 6. The molecule has 2 aromatic rings. The highest BCUT2D eigenvalue weighted by atomic mass is 16.5. The Morgan fingerprint density at radius 1 is 0.662 bits per heavy atom. The van der Waals surface area contributed by atoms with Crippen LogP contribution in [0.15, 0.2) is 60.7 Å². The molecule has 71 heavy (non-hydrogen) atoms. The number of nitrogens with zero attached hydrogens (tertiary/aromatic N) is 1. The monoisotopic (exact) mass is 984 g/mol. The van der Waals surface area contributed by atoms with E-state index < -0.39 is 95.9 Å². The molecule has 5 unspecified atom stereocenters. The lowest BCUT2D eigenvalue weighted by molar-refractivity contribution is -0.145. The molecule has 17 nitrogen and oxygen atoms in total. The van der Waals surface area contributed by atoms with Gasteiger partial charge < -0.3 is 42.0 Å². The molecule has 1 aliphatic heterocycles. The minimum atomic E-state index is -1.31. The van der Waals surface area contributed by atoms with E-state index in [4.69, 9.17) is 10.5 Å². The molecule has 0 bridgehead atoms. The van der Waals surface area contributed by atoms with Gasteiger partial charge in [0.15, 0.2) is 5.78 Å². The van der Waals surface area contributed by atoms with E-state index in [1.54, 1.807) is 31.2 Å². The molecule has 1 heterocycles. The van der Waals surface area contributed by atoms with Crippen LogP contribution >= 0.6 is 0 Å². The highest BCUT2D eigenvalue weighted by molar-refractivity contribution is 6.38. The number of ketones is 2. The van der Waals surface area contributed by atoms with Gasteiger partial charge in [-0.15, -0.1) is 0 Å². The van der Waals surface area contributed by atoms with E-state index in [1.807, 2.05) is 50.2 Å². The number of primary amides is 1. The standard InChI is InChI=1S/C54H77N7O10/c1-4-7-29-42(49(55)65)59-51(67)43(30-8-5-2)57-45(62)32-56-53(69)48(64)41(20-6-3)58-52(68)44-31-38(71-34-35-21-12-9-13-22-35)33-61(44)54(70)46(36-23-14-10-15-24-36)60-50(66)40-28-19-18-27-39(40)47(63)37-25-16-11-17-26-37/h9,11-13,16-17,21-22,25-26,36,38-44,46H,4-8,10,14-15,18-20,23-24,27-34H2,1-3H3,(H2,55,65)(H,56,69)(H,57,62)(H,58,68)(H,59,67)(H,60,66)/t38-,39-,40?,41?,42?,43?,44+,46?/m1/s1. The number of hydrogen-bond acceptors (Lipinski definition) is 10. The molecule has 0 spiro atoms. The predicted octanol–water partition coefficient (Wildman–Crippen LogP) is 4.73. The van der Waals surface area contributed by atoms with Gasteiger partial charge in [-0.3, -0.25) is 43.2 Å². The minimum absolute atomic E-state index is 0.0303. The normalized spacial score (nSPS) is 20.9. The molecule has 388 valence electrons. The maximum Gasteiger partial charge on any atom is 0.290 e. The van der Waals surface area contributed by atoms with E-state index in [1.165, 1.54) is 4.90 Å². The fraction of sp³-hybridized carbons (Fsp3) is 0.611. The van der Waals surface area contributed by atoms with Crippen LogP contribution in [0.4, 0.5) is 0 Å². The Balaban J connectivity index is 1.31. The number of rotatable bonds is 27. The lowest BCUT2D eigenvalue weighted by Crippen LogP contribution is -2.59. The van der Waals surface area contributed by atoms with Crippen molar-refractivity contribution in [1.82, 2.24) is 31.5 Å². The average molecular weight is 984 g/mol. The smallest absolute Gasteiger partial charge is 0.290 e. The first-order valence-electron chi connectivity index (χ1n) is 26.1. The lowest BCUT2D eigenvalue weighted by atomic mass is 9.74. The summed E-state index contributed by atoms with van der Waals surface area (Å²) in [6, 6.07) is 13.1. The number of nitrogens with two attached hydrogens (primary N) is 1. The molecule has 2 aromatic carbocycles. The molecule has 7 amide bonds. The summed E-state index contributed by atoms with van der Waals surface area (Å²) in [7, 11) is 0. The van der Waals surface area contributed by atoms with Gasteiger partial charge in [-0.2, -0.15) is 0 Å². The first-order chi connectivity index (χ1) is 34.3. The summed E-state index contributed by atoms with van der Waals surface area (Å²) in [5.74, 6) is -7.11. The Hall–Kier alpha value is -5.97. The fourth-order valence-corrected chi connectivity index (χ4v) is 10.2. The Labute approximate surface area is 418 Å². The van der Waals surface area contributed by atoms with E-state index in [9.17, 15) is 38.4 Å². The second-order valence-electron chi connectivity index (χ2n) is 19.5. The van der Waals surface area contributed by atoms with Gasteiger partial charge in [-0.25, -0.2) is 0 Å². The maximum atomic E-state index is 15.1. The third kappa shape index (κ3) is 16.5. The van der Waals surface area contributed by atoms with Crippen LogP contribution < -0.4 is 32.3 Å². The number of likely N-dealkylation sites (tertiary alicyclic amines) is 1. The van der Waals surface area contributed by atoms with Gasteiger partial charge in [0, 0.05) is 30.4 Å². The van der Waals surface area contributed by atoms with Gasteiger partial charge in [-0.05, 0) is 56.4 Å². The number of carbonyl (C=O) groups excluding carboxylic acids is 9. The van der Waals surface area contributed by atoms with E-state index in [0.29, 0.717) is 56.9 Å². The lowest BCUT2D eigenvalue weighted by Gasteiger charge is -2.37. The molecule has 0 radical (unpaired) electrons. The minimum Gasteiger partial charge on any atom is -0.372 e. The number of unbranched alkanes of at least 4 members (excludes halogenated alkanes) is 2. The largest absolute Gasteiger partial charge is 0.372 e. The van der Waals surface area contributed by atoms with Crippen molar-refractivity contribution in [1.29, 1.82) is 0 Å². The zero-order valence-electron chi connectivity index (χ0n) is 41.9. The average Bonchev–Trinajstić information content (AvgIpc) is 3.83. The summed E-state index contributed by atoms with van der Waals surface area (Å²) >= 11 is 0. The topological polar surface area (TPSA) is 252 Å². The molecule has 2 saturated carbocycles. The second-order valence-corrected chi connectivity index (χ2v) is 19.5. The van der Waals surface area contributed by atoms with Gasteiger partial charge in [0.1, 0.15) is 24.2 Å². The molecule has 17 heteroatoms. The van der Waals surface area contributed by atoms with Crippen molar-refractivity contribution in [2.75, 3.05) is 13.1 Å². The number of ether oxygens (including phenoxy) is 1. The molecular weight excluding hydrogens is 907 g/mol. The highest BCUT2D eigenvalue weighted by Crippen LogP contribution is 2.35. The number of nitrogens with one attached hydrogen (secondary N) is 5. The van der Waals surface area contributed by atoms with Crippen LogP contribution in [0, 0.1) is 17.8 Å². The van der Waals surface area contributed by atoms with Crippen LogP contribution in [0.5, 0.6) is 0 Å². The van der Waals surface area contributed by atoms with Crippen LogP contribution in [0.1, 0.15) is 152 Å². The first kappa shape index (κ1) is 56.0. The zero-order valence-corrected chi connectivity index (χ0v) is 41.9. The Morgan fingerprint density at radius 3 is 1.92 bits per heavy atom. The maximum absolute atomic E-state index is 15.1. The van der Waals surface area contributed by atoms with Crippen LogP contribution in [-0.2, 0) is 49.7 Å². The van der Waals surface area contributed by atoms with Gasteiger partial charge in [0.2, 0.25) is 41.2 Å². The van der Waals surface area contributed by atoms with Crippen LogP contribution in [0.3, 0.4) is 0 Å². The number of Topliss-reactive ketones (excluding diaryl/α,β-unsaturated/α-hetero) is 2. The van der Waals surface area contributed by atoms with Crippen molar-refractivity contribution in [2.24, 2.45) is 23.5 Å². The van der Waals surface area contributed by atoms with Crippen molar-refractivity contribution < 1.29 is 47.9 Å². The van der Waals surface area contributed by atoms with Gasteiger partial charge in [0.25, 0.3) is 5.91 Å². The fourth-order valence-electron chi connectivity index (χ4n) is 10.2. The summed E-state index contributed by atoms with van der Waals surface area (Å²) in [6.45, 7) is 5.23. The number of amides is 7. The summed E-state index contributed by atoms with van der Waals surface area (Å²) in [5.41, 5.74) is 6.95. The SMILES string of the molecule is CCCCC(NC(=O)C(CCCC)NC(=O)CNC(=O)C(=O)C(CCC)NC(=O)[C@@H]1C[C@@H](OCc2ccccc2)CN1C(=O)C(NC(=O)C1CCCC[C@H]1C(=O)c1ccccc1)C1CCCCC1)C(N)=O. The van der Waals surface area contributed by atoms with Gasteiger partial charge in [0.05, 0.1) is 25.3 Å². The molecule has 8 atom stereocenters. The predicted molar refractivity (Wildman–Crippen MR) is 267 cm³/mol. The molecule has 1 saturated heterocycles. The van der Waals surface area contributed by atoms with Crippen molar-refractivity contribution in [3.8, 4) is 0 Å². The van der Waals surface area contributed by atoms with Crippen LogP contribution in [-0.4, -0.2) is 107 Å². The molecule has 3 fully saturated rings. The van der Waals surface area contributed by atoms with Crippen LogP contribution in [0.2, 0.25) is 0 Å². The molecule has 3 aliphatic rings. The van der Waals surface area contributed by atoms with Crippen molar-refractivity contribution in [3.63, 3.8) is 0 Å². The highest BCUT2D eigenvalue weighted by Gasteiger charge is 2.46. The summed E-state index contributed by atoms with van der Waals surface area (Å²) in [5, 5.41) is 13.4. The van der Waals surface area contributed by atoms with Crippen molar-refractivity contribution in [2.45, 2.75) is 179 Å². The number of carbonyl (C=O) groups is 9. The van der Waals surface area contributed by atoms with E-state index in [0.717, 1.165) is 50.5 Å². The van der Waals surface area contributed by atoms with E-state index >= 15 is 4.79 Å². The second kappa shape index (κ2) is 28.8. The Morgan fingerprint density at radius 2 is 1.28 bits per heavy atom. The molecule has 0 aromatic heterocycles.